The fourth-order valence-electron chi connectivity index (χ4n) is 1.66. The summed E-state index contributed by atoms with van der Waals surface area (Å²) in [6, 6.07) is 7.29. The van der Waals surface area contributed by atoms with E-state index in [4.69, 9.17) is 5.11 Å². The van der Waals surface area contributed by atoms with Gasteiger partial charge in [0.2, 0.25) is 0 Å². The first-order valence-electron chi connectivity index (χ1n) is 5.30. The van der Waals surface area contributed by atoms with Gasteiger partial charge < -0.3 is 5.11 Å². The van der Waals surface area contributed by atoms with Crippen LogP contribution in [0.1, 0.15) is 23.1 Å². The summed E-state index contributed by atoms with van der Waals surface area (Å²) in [6.07, 6.45) is 0.713. The van der Waals surface area contributed by atoms with E-state index >= 15 is 0 Å². The van der Waals surface area contributed by atoms with E-state index in [1.165, 1.54) is 0 Å². The van der Waals surface area contributed by atoms with Gasteiger partial charge in [0.25, 0.3) is 0 Å². The molecule has 0 saturated carbocycles. The molecule has 1 N–H and O–H groups in total. The topological polar surface area (TPSA) is 55.1 Å². The van der Waals surface area contributed by atoms with Crippen LogP contribution in [0.4, 0.5) is 0 Å². The third-order valence-corrected chi connectivity index (χ3v) is 3.37. The average molecular weight is 374 g/mol. The van der Waals surface area contributed by atoms with Gasteiger partial charge in [-0.2, -0.15) is 5.10 Å². The number of carboxylic acids is 1. The molecule has 0 bridgehead atoms. The highest BCUT2D eigenvalue weighted by Crippen LogP contribution is 2.23. The molecular weight excluding hydrogens is 364 g/mol. The van der Waals surface area contributed by atoms with Crippen molar-refractivity contribution in [1.29, 1.82) is 0 Å². The van der Waals surface area contributed by atoms with Gasteiger partial charge in [-0.15, -0.1) is 0 Å². The smallest absolute Gasteiger partial charge is 0.356 e. The number of aryl methyl sites for hydroxylation is 1. The number of aromatic carboxylic acids is 1. The number of benzene rings is 1. The van der Waals surface area contributed by atoms with E-state index in [9.17, 15) is 4.79 Å². The van der Waals surface area contributed by atoms with Crippen molar-refractivity contribution in [2.45, 2.75) is 13.3 Å². The van der Waals surface area contributed by atoms with E-state index in [1.807, 2.05) is 25.1 Å². The zero-order chi connectivity index (χ0) is 13.3. The molecule has 0 aliphatic carbocycles. The maximum Gasteiger partial charge on any atom is 0.356 e. The number of hydrogen-bond acceptors (Lipinski definition) is 2. The molecule has 0 unspecified atom stereocenters. The summed E-state index contributed by atoms with van der Waals surface area (Å²) in [7, 11) is 0. The first-order chi connectivity index (χ1) is 8.51. The van der Waals surface area contributed by atoms with Gasteiger partial charge in [-0.1, -0.05) is 38.8 Å². The number of hydrogen-bond donors (Lipinski definition) is 1. The first-order valence-corrected chi connectivity index (χ1v) is 6.88. The molecule has 0 fully saturated rings. The van der Waals surface area contributed by atoms with E-state index in [2.05, 4.69) is 37.0 Å². The van der Waals surface area contributed by atoms with Gasteiger partial charge in [0.1, 0.15) is 0 Å². The Bertz CT molecular complexity index is 588. The van der Waals surface area contributed by atoms with Crippen LogP contribution in [0.5, 0.6) is 0 Å². The average Bonchev–Trinajstić information content (AvgIpc) is 2.71. The predicted octanol–water partition coefficient (Wildman–Crippen LogP) is 3.66. The maximum atomic E-state index is 11.0. The van der Waals surface area contributed by atoms with Crippen LogP contribution in [-0.4, -0.2) is 20.9 Å². The Morgan fingerprint density at radius 2 is 1.89 bits per heavy atom. The Kier molecular flexibility index (Phi) is 3.87. The van der Waals surface area contributed by atoms with Crippen molar-refractivity contribution in [3.8, 4) is 5.69 Å². The number of aromatic nitrogens is 2. The molecule has 0 atom stereocenters. The Morgan fingerprint density at radius 3 is 2.39 bits per heavy atom. The minimum Gasteiger partial charge on any atom is -0.476 e. The minimum absolute atomic E-state index is 0.0583. The molecule has 0 spiro atoms. The Morgan fingerprint density at radius 1 is 1.28 bits per heavy atom. The van der Waals surface area contributed by atoms with Crippen molar-refractivity contribution in [3.63, 3.8) is 0 Å². The lowest BCUT2D eigenvalue weighted by atomic mass is 10.2. The zero-order valence-corrected chi connectivity index (χ0v) is 12.7. The van der Waals surface area contributed by atoms with Crippen molar-refractivity contribution in [2.75, 3.05) is 0 Å². The van der Waals surface area contributed by atoms with Crippen LogP contribution >= 0.6 is 31.9 Å². The van der Waals surface area contributed by atoms with Crippen LogP contribution in [0.15, 0.2) is 33.2 Å². The van der Waals surface area contributed by atoms with Gasteiger partial charge in [-0.05, 0) is 30.7 Å². The van der Waals surface area contributed by atoms with Gasteiger partial charge in [-0.3, -0.25) is 0 Å². The maximum absolute atomic E-state index is 11.0. The molecule has 0 aliphatic rings. The van der Waals surface area contributed by atoms with E-state index < -0.39 is 5.97 Å². The molecule has 4 nitrogen and oxygen atoms in total. The molecule has 0 radical (unpaired) electrons. The summed E-state index contributed by atoms with van der Waals surface area (Å²) >= 11 is 6.81. The Balaban J connectivity index is 2.58. The molecule has 0 aliphatic heterocycles. The molecule has 6 heteroatoms. The molecule has 1 aromatic carbocycles. The molecule has 1 heterocycles. The highest BCUT2D eigenvalue weighted by molar-refractivity contribution is 9.11. The highest BCUT2D eigenvalue weighted by Gasteiger charge is 2.13. The van der Waals surface area contributed by atoms with Crippen LogP contribution in [0, 0.1) is 0 Å². The number of nitrogens with zero attached hydrogens (tertiary/aromatic N) is 2. The van der Waals surface area contributed by atoms with Crippen molar-refractivity contribution < 1.29 is 9.90 Å². The first kappa shape index (κ1) is 13.3. The van der Waals surface area contributed by atoms with Crippen LogP contribution in [-0.2, 0) is 6.42 Å². The fraction of sp³-hybridized carbons (Fsp3) is 0.167. The third-order valence-electron chi connectivity index (χ3n) is 2.46. The molecule has 0 saturated heterocycles. The molecule has 18 heavy (non-hydrogen) atoms. The van der Waals surface area contributed by atoms with Crippen molar-refractivity contribution in [3.05, 3.63) is 44.6 Å². The second-order valence-electron chi connectivity index (χ2n) is 3.72. The van der Waals surface area contributed by atoms with Gasteiger partial charge in [0.05, 0.1) is 5.69 Å². The number of carboxylic acid groups (broad SMARTS) is 1. The summed E-state index contributed by atoms with van der Waals surface area (Å²) in [6.45, 7) is 1.96. The van der Waals surface area contributed by atoms with Crippen molar-refractivity contribution in [1.82, 2.24) is 9.78 Å². The number of carbonyl (C=O) groups is 1. The zero-order valence-electron chi connectivity index (χ0n) is 9.52. The van der Waals surface area contributed by atoms with E-state index in [0.29, 0.717) is 6.42 Å². The highest BCUT2D eigenvalue weighted by atomic mass is 79.9. The summed E-state index contributed by atoms with van der Waals surface area (Å²) in [5.41, 5.74) is 1.74. The predicted molar refractivity (Wildman–Crippen MR) is 75.3 cm³/mol. The Hall–Kier alpha value is -1.14. The van der Waals surface area contributed by atoms with Crippen molar-refractivity contribution in [2.24, 2.45) is 0 Å². The Labute approximate surface area is 121 Å². The van der Waals surface area contributed by atoms with Gasteiger partial charge in [-0.25, -0.2) is 9.48 Å². The molecular formula is C12H10Br2N2O2. The number of halogens is 2. The molecule has 2 rings (SSSR count). The van der Waals surface area contributed by atoms with Gasteiger partial charge in [0, 0.05) is 14.6 Å². The molecule has 1 aromatic heterocycles. The van der Waals surface area contributed by atoms with Crippen LogP contribution in [0.2, 0.25) is 0 Å². The van der Waals surface area contributed by atoms with Crippen LogP contribution < -0.4 is 0 Å². The fourth-order valence-corrected chi connectivity index (χ4v) is 2.93. The molecule has 2 aromatic rings. The van der Waals surface area contributed by atoms with Crippen LogP contribution in [0.25, 0.3) is 5.69 Å². The van der Waals surface area contributed by atoms with E-state index in [-0.39, 0.29) is 5.69 Å². The monoisotopic (exact) mass is 372 g/mol. The normalized spacial score (nSPS) is 10.6. The second kappa shape index (κ2) is 5.24. The quantitative estimate of drug-likeness (QED) is 0.893. The van der Waals surface area contributed by atoms with Gasteiger partial charge in [0.15, 0.2) is 5.69 Å². The lowest BCUT2D eigenvalue weighted by Crippen LogP contribution is -2.03. The summed E-state index contributed by atoms with van der Waals surface area (Å²) in [4.78, 5) is 11.0. The SMILES string of the molecule is CCc1cc(C(=O)O)nn1-c1cc(Br)cc(Br)c1. The second-order valence-corrected chi connectivity index (χ2v) is 5.55. The third kappa shape index (κ3) is 2.64. The lowest BCUT2D eigenvalue weighted by molar-refractivity contribution is 0.0690. The standard InChI is InChI=1S/C12H10Br2N2O2/c1-2-9-6-11(12(17)18)15-16(9)10-4-7(13)3-8(14)5-10/h3-6H,2H2,1H3,(H,17,18). The molecule has 0 amide bonds. The minimum atomic E-state index is -1.02. The van der Waals surface area contributed by atoms with E-state index in [1.54, 1.807) is 10.7 Å². The van der Waals surface area contributed by atoms with Crippen molar-refractivity contribution >= 4 is 37.8 Å². The number of rotatable bonds is 3. The summed E-state index contributed by atoms with van der Waals surface area (Å²) in [5, 5.41) is 13.1. The summed E-state index contributed by atoms with van der Waals surface area (Å²) in [5.74, 6) is -1.02. The summed E-state index contributed by atoms with van der Waals surface area (Å²) < 4.78 is 3.46. The molecule has 94 valence electrons. The van der Waals surface area contributed by atoms with E-state index in [0.717, 1.165) is 20.3 Å². The van der Waals surface area contributed by atoms with Gasteiger partial charge >= 0.3 is 5.97 Å². The van der Waals surface area contributed by atoms with Crippen LogP contribution in [0.3, 0.4) is 0 Å². The lowest BCUT2D eigenvalue weighted by Gasteiger charge is -2.07. The largest absolute Gasteiger partial charge is 0.476 e.